The quantitative estimate of drug-likeness (QED) is 0.910. The highest BCUT2D eigenvalue weighted by atomic mass is 19.1. The molecule has 0 bridgehead atoms. The number of benzene rings is 1. The highest BCUT2D eigenvalue weighted by molar-refractivity contribution is 5.91. The summed E-state index contributed by atoms with van der Waals surface area (Å²) in [4.78, 5) is 13.6. The lowest BCUT2D eigenvalue weighted by molar-refractivity contribution is -0.117. The second-order valence-electron chi connectivity index (χ2n) is 4.67. The molecule has 0 atom stereocenters. The average Bonchev–Trinajstić information content (AvgIpc) is 2.77. The number of anilines is 1. The molecule has 0 fully saturated rings. The largest absolute Gasteiger partial charge is 0.360 e. The van der Waals surface area contributed by atoms with Gasteiger partial charge in [0.1, 0.15) is 11.6 Å². The normalized spacial score (nSPS) is 10.8. The van der Waals surface area contributed by atoms with Crippen molar-refractivity contribution in [3.8, 4) is 0 Å². The van der Waals surface area contributed by atoms with E-state index in [1.807, 2.05) is 11.9 Å². The molecule has 2 aromatic rings. The molecule has 1 aromatic carbocycles. The number of nitrogens with one attached hydrogen (secondary N) is 1. The van der Waals surface area contributed by atoms with Crippen LogP contribution in [0.2, 0.25) is 0 Å². The van der Waals surface area contributed by atoms with Crippen LogP contribution in [0.15, 0.2) is 34.9 Å². The van der Waals surface area contributed by atoms with E-state index in [0.717, 1.165) is 5.56 Å². The maximum absolute atomic E-state index is 12.8. The van der Waals surface area contributed by atoms with E-state index in [-0.39, 0.29) is 18.3 Å². The lowest BCUT2D eigenvalue weighted by atomic mass is 10.2. The fourth-order valence-electron chi connectivity index (χ4n) is 1.81. The summed E-state index contributed by atoms with van der Waals surface area (Å²) in [5.41, 5.74) is 0.944. The SMILES string of the molecule is Cc1cc(NC(=O)CN(C)Cc2ccc(F)cc2)no1. The van der Waals surface area contributed by atoms with Gasteiger partial charge in [-0.2, -0.15) is 0 Å². The van der Waals surface area contributed by atoms with Gasteiger partial charge in [-0.05, 0) is 31.7 Å². The second-order valence-corrected chi connectivity index (χ2v) is 4.67. The molecule has 0 aliphatic carbocycles. The predicted molar refractivity (Wildman–Crippen MR) is 72.6 cm³/mol. The van der Waals surface area contributed by atoms with Gasteiger partial charge >= 0.3 is 0 Å². The number of amides is 1. The summed E-state index contributed by atoms with van der Waals surface area (Å²) in [7, 11) is 1.82. The highest BCUT2D eigenvalue weighted by Crippen LogP contribution is 2.08. The minimum absolute atomic E-state index is 0.178. The summed E-state index contributed by atoms with van der Waals surface area (Å²) in [6.45, 7) is 2.53. The number of carbonyl (C=O) groups excluding carboxylic acids is 1. The number of hydrogen-bond acceptors (Lipinski definition) is 4. The van der Waals surface area contributed by atoms with Gasteiger partial charge in [0.2, 0.25) is 5.91 Å². The van der Waals surface area contributed by atoms with Gasteiger partial charge in [0.05, 0.1) is 6.54 Å². The van der Waals surface area contributed by atoms with Crippen molar-refractivity contribution >= 4 is 11.7 Å². The maximum atomic E-state index is 12.8. The van der Waals surface area contributed by atoms with Crippen LogP contribution in [-0.2, 0) is 11.3 Å². The number of nitrogens with zero attached hydrogens (tertiary/aromatic N) is 2. The molecule has 20 heavy (non-hydrogen) atoms. The van der Waals surface area contributed by atoms with Crippen LogP contribution in [-0.4, -0.2) is 29.6 Å². The van der Waals surface area contributed by atoms with E-state index in [1.54, 1.807) is 25.1 Å². The fraction of sp³-hybridized carbons (Fsp3) is 0.286. The third-order valence-electron chi connectivity index (χ3n) is 2.67. The molecule has 1 aromatic heterocycles. The van der Waals surface area contributed by atoms with E-state index in [1.165, 1.54) is 12.1 Å². The van der Waals surface area contributed by atoms with Crippen molar-refractivity contribution in [1.29, 1.82) is 0 Å². The van der Waals surface area contributed by atoms with E-state index in [2.05, 4.69) is 10.5 Å². The summed E-state index contributed by atoms with van der Waals surface area (Å²) in [5, 5.41) is 6.33. The molecule has 5 nitrogen and oxygen atoms in total. The first-order valence-electron chi connectivity index (χ1n) is 6.19. The van der Waals surface area contributed by atoms with Crippen LogP contribution < -0.4 is 5.32 Å². The molecule has 6 heteroatoms. The Morgan fingerprint density at radius 1 is 1.40 bits per heavy atom. The monoisotopic (exact) mass is 277 g/mol. The lowest BCUT2D eigenvalue weighted by Crippen LogP contribution is -2.29. The average molecular weight is 277 g/mol. The molecule has 1 heterocycles. The Labute approximate surface area is 116 Å². The molecule has 0 aliphatic heterocycles. The van der Waals surface area contributed by atoms with Crippen LogP contribution in [0.25, 0.3) is 0 Å². The van der Waals surface area contributed by atoms with E-state index < -0.39 is 0 Å². The van der Waals surface area contributed by atoms with Gasteiger partial charge in [0, 0.05) is 12.6 Å². The maximum Gasteiger partial charge on any atom is 0.239 e. The molecule has 106 valence electrons. The van der Waals surface area contributed by atoms with Crippen molar-refractivity contribution in [1.82, 2.24) is 10.1 Å². The third-order valence-corrected chi connectivity index (χ3v) is 2.67. The van der Waals surface area contributed by atoms with Crippen molar-refractivity contribution in [2.45, 2.75) is 13.5 Å². The fourth-order valence-corrected chi connectivity index (χ4v) is 1.81. The molecule has 1 amide bonds. The molecule has 0 unspecified atom stereocenters. The Bertz CT molecular complexity index is 580. The van der Waals surface area contributed by atoms with Gasteiger partial charge in [-0.25, -0.2) is 4.39 Å². The Hall–Kier alpha value is -2.21. The minimum Gasteiger partial charge on any atom is -0.360 e. The zero-order valence-corrected chi connectivity index (χ0v) is 11.4. The van der Waals surface area contributed by atoms with Crippen LogP contribution >= 0.6 is 0 Å². The molecule has 1 N–H and O–H groups in total. The van der Waals surface area contributed by atoms with Crippen molar-refractivity contribution in [3.05, 3.63) is 47.5 Å². The van der Waals surface area contributed by atoms with Crippen LogP contribution in [0.1, 0.15) is 11.3 Å². The van der Waals surface area contributed by atoms with Crippen molar-refractivity contribution in [2.24, 2.45) is 0 Å². The standard InChI is InChI=1S/C14H16FN3O2/c1-10-7-13(17-20-10)16-14(19)9-18(2)8-11-3-5-12(15)6-4-11/h3-7H,8-9H2,1-2H3,(H,16,17,19). The van der Waals surface area contributed by atoms with Crippen molar-refractivity contribution < 1.29 is 13.7 Å². The first-order chi connectivity index (χ1) is 9.52. The van der Waals surface area contributed by atoms with Crippen LogP contribution in [0.3, 0.4) is 0 Å². The smallest absolute Gasteiger partial charge is 0.239 e. The van der Waals surface area contributed by atoms with Gasteiger partial charge < -0.3 is 9.84 Å². The van der Waals surface area contributed by atoms with E-state index in [9.17, 15) is 9.18 Å². The molecular formula is C14H16FN3O2. The molecule has 0 aliphatic rings. The van der Waals surface area contributed by atoms with Crippen LogP contribution in [0.5, 0.6) is 0 Å². The van der Waals surface area contributed by atoms with Crippen molar-refractivity contribution in [3.63, 3.8) is 0 Å². The summed E-state index contributed by atoms with van der Waals surface area (Å²) < 4.78 is 17.6. The van der Waals surface area contributed by atoms with Crippen LogP contribution in [0, 0.1) is 12.7 Å². The van der Waals surface area contributed by atoms with Crippen molar-refractivity contribution in [2.75, 3.05) is 18.9 Å². The van der Waals surface area contributed by atoms with E-state index in [4.69, 9.17) is 4.52 Å². The summed E-state index contributed by atoms with van der Waals surface area (Å²) in [6, 6.07) is 7.86. The van der Waals surface area contributed by atoms with Gasteiger partial charge in [0.25, 0.3) is 0 Å². The molecule has 2 rings (SSSR count). The minimum atomic E-state index is -0.268. The third kappa shape index (κ3) is 4.17. The molecule has 0 saturated carbocycles. The first-order valence-corrected chi connectivity index (χ1v) is 6.19. The molecular weight excluding hydrogens is 261 g/mol. The summed E-state index contributed by atoms with van der Waals surface area (Å²) >= 11 is 0. The first kappa shape index (κ1) is 14.2. The van der Waals surface area contributed by atoms with Gasteiger partial charge in [-0.3, -0.25) is 9.69 Å². The molecule has 0 radical (unpaired) electrons. The summed E-state index contributed by atoms with van der Waals surface area (Å²) in [5.74, 6) is 0.598. The Morgan fingerprint density at radius 2 is 2.10 bits per heavy atom. The number of aromatic nitrogens is 1. The molecule has 0 saturated heterocycles. The Balaban J connectivity index is 1.83. The lowest BCUT2D eigenvalue weighted by Gasteiger charge is -2.15. The Kier molecular flexibility index (Phi) is 4.47. The van der Waals surface area contributed by atoms with Gasteiger partial charge in [0.15, 0.2) is 5.82 Å². The second kappa shape index (κ2) is 6.29. The van der Waals surface area contributed by atoms with E-state index in [0.29, 0.717) is 18.1 Å². The number of likely N-dealkylation sites (N-methyl/N-ethyl adjacent to an activating group) is 1. The number of carbonyl (C=O) groups is 1. The van der Waals surface area contributed by atoms with Gasteiger partial charge in [-0.15, -0.1) is 0 Å². The number of aryl methyl sites for hydroxylation is 1. The van der Waals surface area contributed by atoms with Crippen LogP contribution in [0.4, 0.5) is 10.2 Å². The highest BCUT2D eigenvalue weighted by Gasteiger charge is 2.09. The zero-order chi connectivity index (χ0) is 14.5. The summed E-state index contributed by atoms with van der Waals surface area (Å²) in [6.07, 6.45) is 0. The predicted octanol–water partition coefficient (Wildman–Crippen LogP) is 2.19. The van der Waals surface area contributed by atoms with Gasteiger partial charge in [-0.1, -0.05) is 17.3 Å². The zero-order valence-electron chi connectivity index (χ0n) is 11.4. The topological polar surface area (TPSA) is 58.4 Å². The number of rotatable bonds is 5. The molecule has 0 spiro atoms. The number of halogens is 1. The Morgan fingerprint density at radius 3 is 2.70 bits per heavy atom. The van der Waals surface area contributed by atoms with E-state index >= 15 is 0 Å². The number of hydrogen-bond donors (Lipinski definition) is 1.